The highest BCUT2D eigenvalue weighted by molar-refractivity contribution is 6.46. The highest BCUT2D eigenvalue weighted by Crippen LogP contribution is 2.43. The Hall–Kier alpha value is -3.32. The van der Waals surface area contributed by atoms with Crippen LogP contribution in [0.15, 0.2) is 48.0 Å². The molecule has 2 aromatic rings. The zero-order valence-corrected chi connectivity index (χ0v) is 18.5. The van der Waals surface area contributed by atoms with Crippen molar-refractivity contribution in [3.63, 3.8) is 0 Å². The second-order valence-electron chi connectivity index (χ2n) is 7.77. The molecule has 0 spiro atoms. The molecule has 7 nitrogen and oxygen atoms in total. The molecule has 31 heavy (non-hydrogen) atoms. The van der Waals surface area contributed by atoms with Gasteiger partial charge in [0.2, 0.25) is 0 Å². The van der Waals surface area contributed by atoms with Crippen LogP contribution in [0.3, 0.4) is 0 Å². The summed E-state index contributed by atoms with van der Waals surface area (Å²) in [5.41, 5.74) is 2.12. The molecule has 164 valence electrons. The van der Waals surface area contributed by atoms with Crippen LogP contribution in [0.1, 0.15) is 22.7 Å². The highest BCUT2D eigenvalue weighted by Gasteiger charge is 2.47. The Morgan fingerprint density at radius 3 is 2.32 bits per heavy atom. The Bertz CT molecular complexity index is 1010. The number of nitrogens with zero attached hydrogens (tertiary/aromatic N) is 2. The molecule has 1 saturated heterocycles. The normalized spacial score (nSPS) is 18.0. The van der Waals surface area contributed by atoms with E-state index in [4.69, 9.17) is 9.47 Å². The molecule has 0 unspecified atom stereocenters. The Labute approximate surface area is 182 Å². The van der Waals surface area contributed by atoms with Gasteiger partial charge in [0.15, 0.2) is 0 Å². The largest absolute Gasteiger partial charge is 0.507 e. The molecule has 1 aliphatic rings. The van der Waals surface area contributed by atoms with Crippen LogP contribution >= 0.6 is 0 Å². The van der Waals surface area contributed by atoms with Crippen molar-refractivity contribution in [1.29, 1.82) is 0 Å². The van der Waals surface area contributed by atoms with Gasteiger partial charge in [-0.3, -0.25) is 9.59 Å². The van der Waals surface area contributed by atoms with Crippen molar-refractivity contribution in [2.24, 2.45) is 0 Å². The standard InChI is InChI=1S/C24H28N2O5/c1-15-6-8-16(9-7-15)22(27)20-21(18-14-17(30-4)10-11-19(18)31-5)26(13-12-25(2)3)24(29)23(20)28/h6-11,14,21,27H,12-13H2,1-5H3/b22-20+/t21-/m1/s1. The topological polar surface area (TPSA) is 79.3 Å². The van der Waals surface area contributed by atoms with Crippen molar-refractivity contribution in [2.45, 2.75) is 13.0 Å². The lowest BCUT2D eigenvalue weighted by molar-refractivity contribution is -0.140. The average Bonchev–Trinajstić information content (AvgIpc) is 3.01. The molecular formula is C24H28N2O5. The molecule has 1 fully saturated rings. The summed E-state index contributed by atoms with van der Waals surface area (Å²) in [6, 6.07) is 11.6. The van der Waals surface area contributed by atoms with E-state index in [1.54, 1.807) is 37.4 Å². The summed E-state index contributed by atoms with van der Waals surface area (Å²) in [6.45, 7) is 2.80. The molecule has 1 N–H and O–H groups in total. The number of aliphatic hydroxyl groups excluding tert-OH is 1. The molecule has 1 heterocycles. The van der Waals surface area contributed by atoms with Gasteiger partial charge in [0, 0.05) is 24.2 Å². The van der Waals surface area contributed by atoms with E-state index in [0.29, 0.717) is 35.7 Å². The van der Waals surface area contributed by atoms with E-state index in [0.717, 1.165) is 5.56 Å². The van der Waals surface area contributed by atoms with E-state index in [1.165, 1.54) is 12.0 Å². The summed E-state index contributed by atoms with van der Waals surface area (Å²) in [6.07, 6.45) is 0. The van der Waals surface area contributed by atoms with Crippen molar-refractivity contribution in [3.05, 3.63) is 64.7 Å². The lowest BCUT2D eigenvalue weighted by Crippen LogP contribution is -2.35. The first-order valence-electron chi connectivity index (χ1n) is 10.0. The van der Waals surface area contributed by atoms with E-state index < -0.39 is 17.7 Å². The van der Waals surface area contributed by atoms with Gasteiger partial charge in [0.25, 0.3) is 11.7 Å². The summed E-state index contributed by atoms with van der Waals surface area (Å²) >= 11 is 0. The number of carbonyl (C=O) groups excluding carboxylic acids is 2. The van der Waals surface area contributed by atoms with Crippen molar-refractivity contribution in [2.75, 3.05) is 41.4 Å². The van der Waals surface area contributed by atoms with Gasteiger partial charge in [-0.15, -0.1) is 0 Å². The fraction of sp³-hybridized carbons (Fsp3) is 0.333. The second kappa shape index (κ2) is 9.22. The molecule has 0 radical (unpaired) electrons. The number of ketones is 1. The molecule has 0 aliphatic carbocycles. The first kappa shape index (κ1) is 22.4. The van der Waals surface area contributed by atoms with Crippen LogP contribution in [0.25, 0.3) is 5.76 Å². The summed E-state index contributed by atoms with van der Waals surface area (Å²) in [5.74, 6) is -0.514. The highest BCUT2D eigenvalue weighted by atomic mass is 16.5. The zero-order chi connectivity index (χ0) is 22.7. The van der Waals surface area contributed by atoms with E-state index in [-0.39, 0.29) is 11.3 Å². The Morgan fingerprint density at radius 2 is 1.74 bits per heavy atom. The van der Waals surface area contributed by atoms with Crippen LogP contribution in [0.2, 0.25) is 0 Å². The van der Waals surface area contributed by atoms with Gasteiger partial charge in [-0.2, -0.15) is 0 Å². The smallest absolute Gasteiger partial charge is 0.295 e. The number of methoxy groups -OCH3 is 2. The van der Waals surface area contributed by atoms with E-state index in [9.17, 15) is 14.7 Å². The molecule has 3 rings (SSSR count). The van der Waals surface area contributed by atoms with Crippen LogP contribution in [-0.2, 0) is 9.59 Å². The summed E-state index contributed by atoms with van der Waals surface area (Å²) in [7, 11) is 6.85. The average molecular weight is 424 g/mol. The minimum absolute atomic E-state index is 0.0409. The second-order valence-corrected chi connectivity index (χ2v) is 7.77. The molecule has 1 amide bonds. The number of ether oxygens (including phenoxy) is 2. The van der Waals surface area contributed by atoms with Gasteiger partial charge < -0.3 is 24.4 Å². The fourth-order valence-electron chi connectivity index (χ4n) is 3.66. The number of carbonyl (C=O) groups is 2. The van der Waals surface area contributed by atoms with Crippen LogP contribution < -0.4 is 9.47 Å². The van der Waals surface area contributed by atoms with Crippen LogP contribution in [-0.4, -0.2) is 68.0 Å². The number of amides is 1. The first-order chi connectivity index (χ1) is 14.8. The molecule has 0 aromatic heterocycles. The van der Waals surface area contributed by atoms with Gasteiger partial charge in [0.05, 0.1) is 25.8 Å². The SMILES string of the molecule is COc1ccc(OC)c([C@@H]2/C(=C(\O)c3ccc(C)cc3)C(=O)C(=O)N2CCN(C)C)c1. The number of hydrogen-bond acceptors (Lipinski definition) is 6. The molecule has 0 saturated carbocycles. The van der Waals surface area contributed by atoms with Crippen molar-refractivity contribution in [1.82, 2.24) is 9.80 Å². The van der Waals surface area contributed by atoms with E-state index in [1.807, 2.05) is 38.1 Å². The number of hydrogen-bond donors (Lipinski definition) is 1. The monoisotopic (exact) mass is 424 g/mol. The molecule has 1 atom stereocenters. The number of likely N-dealkylation sites (N-methyl/N-ethyl adjacent to an activating group) is 1. The van der Waals surface area contributed by atoms with E-state index >= 15 is 0 Å². The van der Waals surface area contributed by atoms with Crippen LogP contribution in [0, 0.1) is 6.92 Å². The Balaban J connectivity index is 2.23. The maximum absolute atomic E-state index is 13.1. The van der Waals surface area contributed by atoms with Crippen molar-refractivity contribution < 1.29 is 24.2 Å². The van der Waals surface area contributed by atoms with E-state index in [2.05, 4.69) is 0 Å². The lowest BCUT2D eigenvalue weighted by atomic mass is 9.94. The minimum atomic E-state index is -0.800. The minimum Gasteiger partial charge on any atom is -0.507 e. The van der Waals surface area contributed by atoms with Gasteiger partial charge in [0.1, 0.15) is 17.3 Å². The Morgan fingerprint density at radius 1 is 1.06 bits per heavy atom. The third kappa shape index (κ3) is 4.41. The molecule has 7 heteroatoms. The first-order valence-corrected chi connectivity index (χ1v) is 10.0. The van der Waals surface area contributed by atoms with Crippen LogP contribution in [0.5, 0.6) is 11.5 Å². The number of Topliss-reactive ketones (excluding diaryl/α,β-unsaturated/α-hetero) is 1. The molecule has 0 bridgehead atoms. The predicted octanol–water partition coefficient (Wildman–Crippen LogP) is 3.00. The number of benzene rings is 2. The van der Waals surface area contributed by atoms with Crippen LogP contribution in [0.4, 0.5) is 0 Å². The fourth-order valence-corrected chi connectivity index (χ4v) is 3.66. The third-order valence-corrected chi connectivity index (χ3v) is 5.38. The number of aliphatic hydroxyl groups is 1. The number of aryl methyl sites for hydroxylation is 1. The third-order valence-electron chi connectivity index (χ3n) is 5.38. The van der Waals surface area contributed by atoms with Gasteiger partial charge in [-0.1, -0.05) is 29.8 Å². The lowest BCUT2D eigenvalue weighted by Gasteiger charge is -2.28. The zero-order valence-electron chi connectivity index (χ0n) is 18.5. The molecule has 1 aliphatic heterocycles. The van der Waals surface area contributed by atoms with Gasteiger partial charge in [-0.25, -0.2) is 0 Å². The van der Waals surface area contributed by atoms with Crippen molar-refractivity contribution in [3.8, 4) is 11.5 Å². The predicted molar refractivity (Wildman–Crippen MR) is 118 cm³/mol. The summed E-state index contributed by atoms with van der Waals surface area (Å²) in [4.78, 5) is 29.5. The summed E-state index contributed by atoms with van der Waals surface area (Å²) < 4.78 is 10.9. The Kier molecular flexibility index (Phi) is 6.65. The number of likely N-dealkylation sites (tertiary alicyclic amines) is 1. The quantitative estimate of drug-likeness (QED) is 0.418. The molecular weight excluding hydrogens is 396 g/mol. The van der Waals surface area contributed by atoms with Gasteiger partial charge >= 0.3 is 0 Å². The molecule has 2 aromatic carbocycles. The maximum atomic E-state index is 13.1. The summed E-state index contributed by atoms with van der Waals surface area (Å²) in [5, 5.41) is 11.1. The van der Waals surface area contributed by atoms with Crippen molar-refractivity contribution >= 4 is 17.4 Å². The maximum Gasteiger partial charge on any atom is 0.295 e. The van der Waals surface area contributed by atoms with Gasteiger partial charge in [-0.05, 0) is 39.2 Å². The number of rotatable bonds is 7.